The molecule has 1 heterocycles. The highest BCUT2D eigenvalue weighted by molar-refractivity contribution is 8.00. The molecule has 0 saturated heterocycles. The lowest BCUT2D eigenvalue weighted by Crippen LogP contribution is -1.99. The summed E-state index contributed by atoms with van der Waals surface area (Å²) in [6.07, 6.45) is 0. The predicted molar refractivity (Wildman–Crippen MR) is 124 cm³/mol. The molecule has 0 atom stereocenters. The summed E-state index contributed by atoms with van der Waals surface area (Å²) in [5.41, 5.74) is 4.08. The number of rotatable bonds is 5. The molecule has 150 valence electrons. The number of aromatic nitrogens is 1. The minimum Gasteiger partial charge on any atom is -0.299 e. The van der Waals surface area contributed by atoms with Gasteiger partial charge in [-0.1, -0.05) is 100 Å². The first-order valence-corrected chi connectivity index (χ1v) is 10.9. The van der Waals surface area contributed by atoms with Gasteiger partial charge in [-0.3, -0.25) is 4.79 Å². The van der Waals surface area contributed by atoms with Gasteiger partial charge in [-0.05, 0) is 18.6 Å². The maximum Gasteiger partial charge on any atom is 0.140 e. The fraction of sp³-hybridized carbons (Fsp3) is 0.240. The SMILES string of the molecule is CC.CC.CC(=O)CSc1nc(-c2ccccc2)cc(-c2ccccc2)c1C#N. The van der Waals surface area contributed by atoms with Crippen molar-refractivity contribution < 1.29 is 4.79 Å². The summed E-state index contributed by atoms with van der Waals surface area (Å²) in [4.78, 5) is 16.1. The Labute approximate surface area is 178 Å². The van der Waals surface area contributed by atoms with Gasteiger partial charge in [0.15, 0.2) is 0 Å². The molecule has 0 fully saturated rings. The number of Topliss-reactive ketones (excluding diaryl/α,β-unsaturated/α-hetero) is 1. The van der Waals surface area contributed by atoms with Crippen LogP contribution in [-0.2, 0) is 4.79 Å². The van der Waals surface area contributed by atoms with E-state index in [1.807, 2.05) is 94.4 Å². The van der Waals surface area contributed by atoms with Crippen LogP contribution in [0.25, 0.3) is 22.4 Å². The molecule has 0 aliphatic heterocycles. The molecule has 3 aromatic rings. The molecule has 2 aromatic carbocycles. The van der Waals surface area contributed by atoms with Crippen molar-refractivity contribution >= 4 is 17.5 Å². The molecule has 0 unspecified atom stereocenters. The lowest BCUT2D eigenvalue weighted by Gasteiger charge is -2.12. The molecule has 0 radical (unpaired) electrons. The minimum atomic E-state index is 0.0575. The zero-order valence-electron chi connectivity index (χ0n) is 17.8. The second-order valence-electron chi connectivity index (χ2n) is 5.57. The number of carbonyl (C=O) groups is 1. The maximum absolute atomic E-state index is 11.4. The molecule has 0 amide bonds. The average molecular weight is 405 g/mol. The topological polar surface area (TPSA) is 53.8 Å². The number of ketones is 1. The third-order valence-corrected chi connectivity index (χ3v) is 4.78. The number of nitriles is 1. The van der Waals surface area contributed by atoms with Gasteiger partial charge in [-0.2, -0.15) is 5.26 Å². The Kier molecular flexibility index (Phi) is 11.1. The third-order valence-electron chi connectivity index (χ3n) is 3.66. The van der Waals surface area contributed by atoms with E-state index in [1.165, 1.54) is 18.7 Å². The Hall–Kier alpha value is -2.90. The lowest BCUT2D eigenvalue weighted by molar-refractivity contribution is -0.114. The molecule has 0 saturated carbocycles. The highest BCUT2D eigenvalue weighted by Crippen LogP contribution is 2.34. The van der Waals surface area contributed by atoms with E-state index in [1.54, 1.807) is 0 Å². The lowest BCUT2D eigenvalue weighted by atomic mass is 9.99. The second kappa shape index (κ2) is 13.3. The molecular weight excluding hydrogens is 376 g/mol. The zero-order chi connectivity index (χ0) is 21.6. The van der Waals surface area contributed by atoms with Gasteiger partial charge in [0.2, 0.25) is 0 Å². The Balaban J connectivity index is 0.000000989. The van der Waals surface area contributed by atoms with Crippen LogP contribution in [-0.4, -0.2) is 16.5 Å². The molecule has 0 spiro atoms. The van der Waals surface area contributed by atoms with Crippen molar-refractivity contribution in [3.05, 3.63) is 72.3 Å². The molecule has 3 rings (SSSR count). The van der Waals surface area contributed by atoms with Crippen LogP contribution in [0.2, 0.25) is 0 Å². The Morgan fingerprint density at radius 2 is 1.45 bits per heavy atom. The van der Waals surface area contributed by atoms with E-state index in [0.29, 0.717) is 16.3 Å². The van der Waals surface area contributed by atoms with Crippen molar-refractivity contribution in [1.29, 1.82) is 5.26 Å². The van der Waals surface area contributed by atoms with Crippen molar-refractivity contribution in [2.24, 2.45) is 0 Å². The smallest absolute Gasteiger partial charge is 0.140 e. The standard InChI is InChI=1S/C21H16N2OS.2C2H6/c1-15(24)14-25-21-19(13-22)18(16-8-4-2-5-9-16)12-20(23-21)17-10-6-3-7-11-17;2*1-2/h2-12H,14H2,1H3;2*1-2H3. The molecule has 4 heteroatoms. The Morgan fingerprint density at radius 1 is 0.931 bits per heavy atom. The summed E-state index contributed by atoms with van der Waals surface area (Å²) in [5.74, 6) is 0.357. The summed E-state index contributed by atoms with van der Waals surface area (Å²) in [5, 5.41) is 10.3. The van der Waals surface area contributed by atoms with Gasteiger partial charge in [-0.15, -0.1) is 0 Å². The highest BCUT2D eigenvalue weighted by Gasteiger charge is 2.16. The second-order valence-corrected chi connectivity index (χ2v) is 6.53. The van der Waals surface area contributed by atoms with Crippen LogP contribution in [0.4, 0.5) is 0 Å². The van der Waals surface area contributed by atoms with Crippen LogP contribution >= 0.6 is 11.8 Å². The van der Waals surface area contributed by atoms with E-state index < -0.39 is 0 Å². The zero-order valence-corrected chi connectivity index (χ0v) is 18.6. The molecule has 0 aliphatic carbocycles. The van der Waals surface area contributed by atoms with Crippen LogP contribution in [0.1, 0.15) is 40.2 Å². The van der Waals surface area contributed by atoms with Crippen molar-refractivity contribution in [3.63, 3.8) is 0 Å². The van der Waals surface area contributed by atoms with Gasteiger partial charge in [0, 0.05) is 11.1 Å². The maximum atomic E-state index is 11.4. The quantitative estimate of drug-likeness (QED) is 0.429. The number of benzene rings is 2. The predicted octanol–water partition coefficient (Wildman–Crippen LogP) is 7.02. The Morgan fingerprint density at radius 3 is 1.93 bits per heavy atom. The Bertz CT molecular complexity index is 932. The molecule has 3 nitrogen and oxygen atoms in total. The highest BCUT2D eigenvalue weighted by atomic mass is 32.2. The number of carbonyl (C=O) groups excluding carboxylic acids is 1. The van der Waals surface area contributed by atoms with Gasteiger partial charge in [-0.25, -0.2) is 4.98 Å². The molecule has 29 heavy (non-hydrogen) atoms. The van der Waals surface area contributed by atoms with E-state index in [9.17, 15) is 10.1 Å². The van der Waals surface area contributed by atoms with Gasteiger partial charge in [0.25, 0.3) is 0 Å². The monoisotopic (exact) mass is 404 g/mol. The fourth-order valence-corrected chi connectivity index (χ4v) is 3.31. The van der Waals surface area contributed by atoms with Crippen LogP contribution in [0.15, 0.2) is 71.8 Å². The van der Waals surface area contributed by atoms with E-state index in [4.69, 9.17) is 0 Å². The summed E-state index contributed by atoms with van der Waals surface area (Å²) in [7, 11) is 0. The van der Waals surface area contributed by atoms with Crippen LogP contribution in [0.3, 0.4) is 0 Å². The number of hydrogen-bond donors (Lipinski definition) is 0. The normalized spacial score (nSPS) is 9.24. The number of pyridine rings is 1. The van der Waals surface area contributed by atoms with Crippen LogP contribution < -0.4 is 0 Å². The molecular formula is C25H28N2OS. The molecule has 0 bridgehead atoms. The summed E-state index contributed by atoms with van der Waals surface area (Å²) < 4.78 is 0. The summed E-state index contributed by atoms with van der Waals surface area (Å²) in [6, 6.07) is 23.9. The molecule has 0 aliphatic rings. The largest absolute Gasteiger partial charge is 0.299 e. The van der Waals surface area contributed by atoms with Gasteiger partial charge in [0.1, 0.15) is 16.9 Å². The van der Waals surface area contributed by atoms with Crippen molar-refractivity contribution in [2.45, 2.75) is 39.6 Å². The molecule has 0 N–H and O–H groups in total. The number of hydrogen-bond acceptors (Lipinski definition) is 4. The fourth-order valence-electron chi connectivity index (χ4n) is 2.51. The van der Waals surface area contributed by atoms with Crippen molar-refractivity contribution in [2.75, 3.05) is 5.75 Å². The minimum absolute atomic E-state index is 0.0575. The number of thioether (sulfide) groups is 1. The van der Waals surface area contributed by atoms with Crippen LogP contribution in [0.5, 0.6) is 0 Å². The third kappa shape index (κ3) is 6.89. The average Bonchev–Trinajstić information content (AvgIpc) is 2.80. The van der Waals surface area contributed by atoms with Crippen molar-refractivity contribution in [1.82, 2.24) is 4.98 Å². The van der Waals surface area contributed by atoms with E-state index in [2.05, 4.69) is 11.1 Å². The molecule has 1 aromatic heterocycles. The first kappa shape index (κ1) is 24.1. The number of nitrogens with zero attached hydrogens (tertiary/aromatic N) is 2. The van der Waals surface area contributed by atoms with Crippen LogP contribution in [0, 0.1) is 11.3 Å². The van der Waals surface area contributed by atoms with Gasteiger partial charge < -0.3 is 0 Å². The first-order chi connectivity index (χ1) is 14.2. The van der Waals surface area contributed by atoms with Gasteiger partial charge >= 0.3 is 0 Å². The van der Waals surface area contributed by atoms with E-state index in [-0.39, 0.29) is 5.78 Å². The summed E-state index contributed by atoms with van der Waals surface area (Å²) >= 11 is 1.31. The summed E-state index contributed by atoms with van der Waals surface area (Å²) in [6.45, 7) is 9.54. The first-order valence-electron chi connectivity index (χ1n) is 9.87. The van der Waals surface area contributed by atoms with E-state index >= 15 is 0 Å². The van der Waals surface area contributed by atoms with Crippen molar-refractivity contribution in [3.8, 4) is 28.5 Å². The van der Waals surface area contributed by atoms with E-state index in [0.717, 1.165) is 22.4 Å². The van der Waals surface area contributed by atoms with Gasteiger partial charge in [0.05, 0.1) is 17.0 Å².